The lowest BCUT2D eigenvalue weighted by Crippen LogP contribution is -1.92. The monoisotopic (exact) mass is 254 g/mol. The first kappa shape index (κ1) is 11.4. The number of hydrogen-bond donors (Lipinski definition) is 0. The van der Waals surface area contributed by atoms with Crippen molar-refractivity contribution in [3.05, 3.63) is 33.8 Å². The van der Waals surface area contributed by atoms with Gasteiger partial charge in [0.15, 0.2) is 0 Å². The second-order valence-corrected chi connectivity index (χ2v) is 4.57. The minimum Gasteiger partial charge on any atom is -0.303 e. The minimum atomic E-state index is 0.532. The number of rotatable bonds is 4. The first-order valence-corrected chi connectivity index (χ1v) is 5.66. The smallest absolute Gasteiger partial charge is 0.120 e. The van der Waals surface area contributed by atoms with Crippen LogP contribution in [0.5, 0.6) is 0 Å². The molecule has 0 heterocycles. The van der Waals surface area contributed by atoms with E-state index in [4.69, 9.17) is 0 Å². The Morgan fingerprint density at radius 1 is 1.43 bits per heavy atom. The Morgan fingerprint density at radius 3 is 2.64 bits per heavy atom. The standard InChI is InChI=1S/C12H15BrO/c1-9(2)11-6-5-10(4-3-7-14)8-12(11)13/h5-9H,3-4H2,1-2H3. The molecule has 0 saturated heterocycles. The van der Waals surface area contributed by atoms with Gasteiger partial charge in [-0.05, 0) is 29.5 Å². The summed E-state index contributed by atoms with van der Waals surface area (Å²) in [6.07, 6.45) is 2.40. The van der Waals surface area contributed by atoms with Crippen molar-refractivity contribution in [2.24, 2.45) is 0 Å². The van der Waals surface area contributed by atoms with Crippen LogP contribution >= 0.6 is 15.9 Å². The van der Waals surface area contributed by atoms with Crippen LogP contribution in [0.15, 0.2) is 22.7 Å². The quantitative estimate of drug-likeness (QED) is 0.749. The molecule has 1 aromatic carbocycles. The van der Waals surface area contributed by atoms with Gasteiger partial charge in [-0.1, -0.05) is 41.9 Å². The van der Waals surface area contributed by atoms with E-state index in [1.165, 1.54) is 11.1 Å². The van der Waals surface area contributed by atoms with Gasteiger partial charge >= 0.3 is 0 Å². The Hall–Kier alpha value is -0.630. The summed E-state index contributed by atoms with van der Waals surface area (Å²) < 4.78 is 1.15. The molecule has 0 aliphatic carbocycles. The van der Waals surface area contributed by atoms with Crippen LogP contribution in [0.4, 0.5) is 0 Å². The first-order valence-electron chi connectivity index (χ1n) is 4.87. The molecule has 0 unspecified atom stereocenters. The van der Waals surface area contributed by atoms with Crippen LogP contribution in [0.25, 0.3) is 0 Å². The molecule has 1 aromatic rings. The van der Waals surface area contributed by atoms with Crippen molar-refractivity contribution >= 4 is 22.2 Å². The third-order valence-electron chi connectivity index (χ3n) is 2.24. The van der Waals surface area contributed by atoms with Crippen molar-refractivity contribution < 1.29 is 4.79 Å². The van der Waals surface area contributed by atoms with Crippen LogP contribution < -0.4 is 0 Å². The van der Waals surface area contributed by atoms with E-state index in [2.05, 4.69) is 48.0 Å². The van der Waals surface area contributed by atoms with E-state index in [1.807, 2.05) is 0 Å². The molecule has 0 N–H and O–H groups in total. The second-order valence-electron chi connectivity index (χ2n) is 3.72. The SMILES string of the molecule is CC(C)c1ccc(CCC=O)cc1Br. The van der Waals surface area contributed by atoms with Crippen molar-refractivity contribution in [2.75, 3.05) is 0 Å². The molecule has 2 heteroatoms. The van der Waals surface area contributed by atoms with E-state index in [9.17, 15) is 4.79 Å². The topological polar surface area (TPSA) is 17.1 Å². The lowest BCUT2D eigenvalue weighted by atomic mass is 10.0. The highest BCUT2D eigenvalue weighted by Gasteiger charge is 2.04. The van der Waals surface area contributed by atoms with Crippen LogP contribution in [-0.4, -0.2) is 6.29 Å². The summed E-state index contributed by atoms with van der Waals surface area (Å²) in [5.74, 6) is 0.532. The molecule has 0 amide bonds. The van der Waals surface area contributed by atoms with Gasteiger partial charge in [0.1, 0.15) is 6.29 Å². The average Bonchev–Trinajstić information content (AvgIpc) is 2.14. The third-order valence-corrected chi connectivity index (χ3v) is 2.92. The molecule has 0 aliphatic rings. The fourth-order valence-corrected chi connectivity index (χ4v) is 2.30. The van der Waals surface area contributed by atoms with Gasteiger partial charge in [-0.3, -0.25) is 0 Å². The van der Waals surface area contributed by atoms with Gasteiger partial charge in [0.25, 0.3) is 0 Å². The van der Waals surface area contributed by atoms with Crippen molar-refractivity contribution in [3.8, 4) is 0 Å². The van der Waals surface area contributed by atoms with Gasteiger partial charge in [-0.15, -0.1) is 0 Å². The van der Waals surface area contributed by atoms with Gasteiger partial charge in [-0.2, -0.15) is 0 Å². The van der Waals surface area contributed by atoms with Crippen LogP contribution in [0.3, 0.4) is 0 Å². The van der Waals surface area contributed by atoms with Crippen molar-refractivity contribution in [1.29, 1.82) is 0 Å². The number of carbonyl (C=O) groups excluding carboxylic acids is 1. The van der Waals surface area contributed by atoms with E-state index in [1.54, 1.807) is 0 Å². The van der Waals surface area contributed by atoms with Crippen LogP contribution in [-0.2, 0) is 11.2 Å². The molecule has 0 fully saturated rings. The molecule has 0 atom stereocenters. The summed E-state index contributed by atoms with van der Waals surface area (Å²) in [4.78, 5) is 10.2. The number of carbonyl (C=O) groups is 1. The molecule has 0 aromatic heterocycles. The van der Waals surface area contributed by atoms with E-state index in [0.717, 1.165) is 17.2 Å². The molecule has 0 radical (unpaired) electrons. The maximum absolute atomic E-state index is 10.2. The first-order chi connectivity index (χ1) is 6.65. The number of halogens is 1. The Kier molecular flexibility index (Phi) is 4.33. The predicted molar refractivity (Wildman–Crippen MR) is 62.6 cm³/mol. The summed E-state index contributed by atoms with van der Waals surface area (Å²) in [5, 5.41) is 0. The van der Waals surface area contributed by atoms with Gasteiger partial charge in [0.05, 0.1) is 0 Å². The van der Waals surface area contributed by atoms with Crippen LogP contribution in [0.1, 0.15) is 37.3 Å². The lowest BCUT2D eigenvalue weighted by molar-refractivity contribution is -0.107. The molecule has 0 saturated carbocycles. The maximum atomic E-state index is 10.2. The number of aldehydes is 1. The van der Waals surface area contributed by atoms with E-state index < -0.39 is 0 Å². The van der Waals surface area contributed by atoms with Crippen molar-refractivity contribution in [3.63, 3.8) is 0 Å². The minimum absolute atomic E-state index is 0.532. The maximum Gasteiger partial charge on any atom is 0.120 e. The summed E-state index contributed by atoms with van der Waals surface area (Å²) in [7, 11) is 0. The molecule has 0 bridgehead atoms. The summed E-state index contributed by atoms with van der Waals surface area (Å²) in [6, 6.07) is 6.34. The normalized spacial score (nSPS) is 10.6. The van der Waals surface area contributed by atoms with Crippen LogP contribution in [0.2, 0.25) is 0 Å². The largest absolute Gasteiger partial charge is 0.303 e. The Morgan fingerprint density at radius 2 is 2.14 bits per heavy atom. The molecule has 0 spiro atoms. The van der Waals surface area contributed by atoms with E-state index in [0.29, 0.717) is 12.3 Å². The predicted octanol–water partition coefficient (Wildman–Crippen LogP) is 3.70. The zero-order chi connectivity index (χ0) is 10.6. The van der Waals surface area contributed by atoms with Crippen molar-refractivity contribution in [1.82, 2.24) is 0 Å². The molecular weight excluding hydrogens is 240 g/mol. The lowest BCUT2D eigenvalue weighted by Gasteiger charge is -2.09. The summed E-state index contributed by atoms with van der Waals surface area (Å²) in [6.45, 7) is 4.34. The highest BCUT2D eigenvalue weighted by molar-refractivity contribution is 9.10. The molecule has 1 rings (SSSR count). The number of hydrogen-bond acceptors (Lipinski definition) is 1. The second kappa shape index (κ2) is 5.30. The average molecular weight is 255 g/mol. The highest BCUT2D eigenvalue weighted by atomic mass is 79.9. The fourth-order valence-electron chi connectivity index (χ4n) is 1.42. The Bertz CT molecular complexity index is 318. The summed E-state index contributed by atoms with van der Waals surface area (Å²) >= 11 is 3.55. The molecule has 1 nitrogen and oxygen atoms in total. The number of benzene rings is 1. The molecule has 0 aliphatic heterocycles. The van der Waals surface area contributed by atoms with Crippen molar-refractivity contribution in [2.45, 2.75) is 32.6 Å². The highest BCUT2D eigenvalue weighted by Crippen LogP contribution is 2.25. The van der Waals surface area contributed by atoms with Gasteiger partial charge < -0.3 is 4.79 Å². The zero-order valence-electron chi connectivity index (χ0n) is 8.59. The van der Waals surface area contributed by atoms with Gasteiger partial charge in [0, 0.05) is 10.9 Å². The fraction of sp³-hybridized carbons (Fsp3) is 0.417. The molecule has 14 heavy (non-hydrogen) atoms. The molecule has 76 valence electrons. The van der Waals surface area contributed by atoms with Gasteiger partial charge in [-0.25, -0.2) is 0 Å². The van der Waals surface area contributed by atoms with E-state index >= 15 is 0 Å². The Labute approximate surface area is 93.7 Å². The third kappa shape index (κ3) is 2.95. The number of aryl methyl sites for hydroxylation is 1. The zero-order valence-corrected chi connectivity index (χ0v) is 10.2. The van der Waals surface area contributed by atoms with Gasteiger partial charge in [0.2, 0.25) is 0 Å². The van der Waals surface area contributed by atoms with E-state index in [-0.39, 0.29) is 0 Å². The Balaban J connectivity index is 2.83. The van der Waals surface area contributed by atoms with Crippen LogP contribution in [0, 0.1) is 0 Å². The molecular formula is C12H15BrO. The summed E-state index contributed by atoms with van der Waals surface area (Å²) in [5.41, 5.74) is 2.54.